The Kier molecular flexibility index (Phi) is 31.0. The first kappa shape index (κ1) is 56.3. The second-order valence-corrected chi connectivity index (χ2v) is 15.2. The summed E-state index contributed by atoms with van der Waals surface area (Å²) in [5.74, 6) is 1.41. The van der Waals surface area contributed by atoms with E-state index in [0.717, 1.165) is 44.9 Å². The molecular weight excluding hydrogens is 849 g/mol. The van der Waals surface area contributed by atoms with Gasteiger partial charge >= 0.3 is 23.9 Å². The smallest absolute Gasteiger partial charge is 0.333 e. The predicted octanol–water partition coefficient (Wildman–Crippen LogP) is 9.62. The van der Waals surface area contributed by atoms with Crippen LogP contribution in [0.5, 0.6) is 23.0 Å². The molecule has 364 valence electrons. The summed E-state index contributed by atoms with van der Waals surface area (Å²) >= 11 is 0. The highest BCUT2D eigenvalue weighted by Gasteiger charge is 2.18. The van der Waals surface area contributed by atoms with Crippen LogP contribution in [-0.4, -0.2) is 102 Å². The third-order valence-electron chi connectivity index (χ3n) is 9.01. The van der Waals surface area contributed by atoms with Crippen LogP contribution >= 0.6 is 0 Å². The Balaban J connectivity index is 0.00000150. The lowest BCUT2D eigenvalue weighted by Crippen LogP contribution is -2.30. The van der Waals surface area contributed by atoms with Gasteiger partial charge in [0, 0.05) is 24.0 Å². The van der Waals surface area contributed by atoms with Crippen molar-refractivity contribution in [3.63, 3.8) is 0 Å². The molecule has 0 aliphatic heterocycles. The Morgan fingerprint density at radius 1 is 0.439 bits per heavy atom. The molecule has 0 radical (unpaired) electrons. The Hall–Kier alpha value is -5.86. The van der Waals surface area contributed by atoms with Gasteiger partial charge in [-0.25, -0.2) is 9.59 Å². The molecule has 0 saturated carbocycles. The van der Waals surface area contributed by atoms with Gasteiger partial charge in [-0.05, 0) is 88.1 Å². The number of benzene rings is 3. The van der Waals surface area contributed by atoms with Gasteiger partial charge in [0.15, 0.2) is 12.2 Å². The fourth-order valence-corrected chi connectivity index (χ4v) is 5.48. The lowest BCUT2D eigenvalue weighted by molar-refractivity contribution is -0.155. The van der Waals surface area contributed by atoms with Gasteiger partial charge in [-0.2, -0.15) is 0 Å². The van der Waals surface area contributed by atoms with E-state index in [9.17, 15) is 19.2 Å². The normalized spacial score (nSPS) is 11.4. The fourth-order valence-electron chi connectivity index (χ4n) is 5.48. The van der Waals surface area contributed by atoms with E-state index in [2.05, 4.69) is 20.1 Å². The largest absolute Gasteiger partial charge is 0.491 e. The molecule has 0 aliphatic carbocycles. The van der Waals surface area contributed by atoms with E-state index in [1.807, 2.05) is 67.6 Å². The summed E-state index contributed by atoms with van der Waals surface area (Å²) in [5.41, 5.74) is 0.840. The molecular formula is C52H72O14. The molecule has 0 N–H and O–H groups in total. The van der Waals surface area contributed by atoms with Gasteiger partial charge in [0.1, 0.15) is 49.4 Å². The van der Waals surface area contributed by atoms with Crippen molar-refractivity contribution in [3.05, 3.63) is 109 Å². The van der Waals surface area contributed by atoms with Crippen LogP contribution in [0.1, 0.15) is 91.9 Å². The first-order valence-corrected chi connectivity index (χ1v) is 22.9. The zero-order valence-electron chi connectivity index (χ0n) is 39.5. The molecule has 66 heavy (non-hydrogen) atoms. The van der Waals surface area contributed by atoms with Crippen molar-refractivity contribution in [3.8, 4) is 23.0 Å². The SMILES string of the molecule is C=C(C)C(=O)OCCC.C=C(C)C(=O)OCCCCCCC(=O)OC(COCCOc1ccc(OCCOCC(COc2ccccc2)OC(=O)CCCCC)cc1)COc1ccccc1. The van der Waals surface area contributed by atoms with Crippen molar-refractivity contribution in [2.75, 3.05) is 66.1 Å². The Morgan fingerprint density at radius 2 is 0.848 bits per heavy atom. The Bertz CT molecular complexity index is 1780. The van der Waals surface area contributed by atoms with E-state index in [4.69, 9.17) is 47.4 Å². The van der Waals surface area contributed by atoms with E-state index in [-0.39, 0.29) is 69.9 Å². The van der Waals surface area contributed by atoms with Crippen LogP contribution in [0, 0.1) is 0 Å². The maximum absolute atomic E-state index is 12.6. The summed E-state index contributed by atoms with van der Waals surface area (Å²) in [6, 6.07) is 25.9. The average molecular weight is 921 g/mol. The molecule has 14 heteroatoms. The van der Waals surface area contributed by atoms with Crippen LogP contribution in [0.15, 0.2) is 109 Å². The summed E-state index contributed by atoms with van der Waals surface area (Å²) < 4.78 is 56.0. The summed E-state index contributed by atoms with van der Waals surface area (Å²) in [7, 11) is 0. The molecule has 2 unspecified atom stereocenters. The molecule has 0 heterocycles. The zero-order chi connectivity index (χ0) is 48.0. The molecule has 0 saturated heterocycles. The van der Waals surface area contributed by atoms with Crippen LogP contribution in [0.25, 0.3) is 0 Å². The molecule has 0 fully saturated rings. The minimum Gasteiger partial charge on any atom is -0.491 e. The van der Waals surface area contributed by atoms with Crippen LogP contribution in [0.2, 0.25) is 0 Å². The number of ether oxygens (including phenoxy) is 10. The molecule has 0 bridgehead atoms. The molecule has 0 aromatic heterocycles. The minimum absolute atomic E-state index is 0.146. The van der Waals surface area contributed by atoms with Crippen molar-refractivity contribution >= 4 is 23.9 Å². The summed E-state index contributed by atoms with van der Waals surface area (Å²) in [6.45, 7) is 16.9. The average Bonchev–Trinajstić information content (AvgIpc) is 3.32. The molecule has 3 rings (SSSR count). The first-order chi connectivity index (χ1) is 32.0. The van der Waals surface area contributed by atoms with Gasteiger partial charge in [-0.1, -0.05) is 89.1 Å². The highest BCUT2D eigenvalue weighted by molar-refractivity contribution is 5.87. The third kappa shape index (κ3) is 28.8. The first-order valence-electron chi connectivity index (χ1n) is 22.9. The molecule has 14 nitrogen and oxygen atoms in total. The Morgan fingerprint density at radius 3 is 1.27 bits per heavy atom. The van der Waals surface area contributed by atoms with Crippen molar-refractivity contribution in [1.82, 2.24) is 0 Å². The number of para-hydroxylation sites is 2. The molecule has 3 aromatic rings. The van der Waals surface area contributed by atoms with Gasteiger partial charge in [0.2, 0.25) is 0 Å². The molecule has 0 aliphatic rings. The zero-order valence-corrected chi connectivity index (χ0v) is 39.5. The van der Waals surface area contributed by atoms with Crippen LogP contribution in [-0.2, 0) is 47.6 Å². The van der Waals surface area contributed by atoms with Gasteiger partial charge in [-0.3, -0.25) is 9.59 Å². The lowest BCUT2D eigenvalue weighted by atomic mass is 10.1. The lowest BCUT2D eigenvalue weighted by Gasteiger charge is -2.19. The monoisotopic (exact) mass is 920 g/mol. The molecule has 0 spiro atoms. The van der Waals surface area contributed by atoms with E-state index < -0.39 is 12.2 Å². The highest BCUT2D eigenvalue weighted by atomic mass is 16.6. The number of carbonyl (C=O) groups is 4. The van der Waals surface area contributed by atoms with Crippen LogP contribution in [0.4, 0.5) is 0 Å². The van der Waals surface area contributed by atoms with E-state index >= 15 is 0 Å². The van der Waals surface area contributed by atoms with Crippen molar-refractivity contribution in [2.45, 2.75) is 104 Å². The quantitative estimate of drug-likeness (QED) is 0.0237. The van der Waals surface area contributed by atoms with Crippen molar-refractivity contribution in [1.29, 1.82) is 0 Å². The maximum Gasteiger partial charge on any atom is 0.333 e. The maximum atomic E-state index is 12.6. The topological polar surface area (TPSA) is 161 Å². The van der Waals surface area contributed by atoms with Gasteiger partial charge < -0.3 is 47.4 Å². The number of rotatable bonds is 35. The second kappa shape index (κ2) is 36.4. The number of esters is 4. The fraction of sp³-hybridized carbons (Fsp3) is 0.500. The number of unbranched alkanes of at least 4 members (excludes halogenated alkanes) is 5. The molecule has 0 amide bonds. The third-order valence-corrected chi connectivity index (χ3v) is 9.01. The second-order valence-electron chi connectivity index (χ2n) is 15.2. The van der Waals surface area contributed by atoms with Gasteiger partial charge in [-0.15, -0.1) is 0 Å². The molecule has 2 atom stereocenters. The summed E-state index contributed by atoms with van der Waals surface area (Å²) in [6.07, 6.45) is 6.19. The highest BCUT2D eigenvalue weighted by Crippen LogP contribution is 2.18. The van der Waals surface area contributed by atoms with E-state index in [0.29, 0.717) is 73.4 Å². The molecule has 3 aromatic carbocycles. The number of hydrogen-bond donors (Lipinski definition) is 0. The van der Waals surface area contributed by atoms with E-state index in [1.165, 1.54) is 0 Å². The predicted molar refractivity (Wildman–Crippen MR) is 252 cm³/mol. The summed E-state index contributed by atoms with van der Waals surface area (Å²) in [5, 5.41) is 0. The summed E-state index contributed by atoms with van der Waals surface area (Å²) in [4.78, 5) is 47.0. The number of carbonyl (C=O) groups excluding carboxylic acids is 4. The van der Waals surface area contributed by atoms with Gasteiger partial charge in [0.25, 0.3) is 0 Å². The standard InChI is InChI=1S/C45H60O12.C7H12O2/c1-4-5-10-21-43(46)56-41(34-54-37-17-11-8-12-18-37)32-49-28-30-51-39-23-25-40(26-24-39)52-31-29-50-33-42(35-55-38-19-13-9-14-20-38)57-44(47)22-15-6-7-16-27-53-45(48)36(2)3;1-4-5-9-7(8)6(2)3/h8-9,11-14,17-20,23-26,41-42H,2,4-7,10,15-16,21-22,27-35H2,1,3H3;2,4-5H2,1,3H3. The van der Waals surface area contributed by atoms with E-state index in [1.54, 1.807) is 38.1 Å². The minimum atomic E-state index is -0.598. The van der Waals surface area contributed by atoms with Gasteiger partial charge in [0.05, 0.1) is 39.6 Å². The Labute approximate surface area is 391 Å². The van der Waals surface area contributed by atoms with Crippen molar-refractivity contribution < 1.29 is 66.5 Å². The number of hydrogen-bond acceptors (Lipinski definition) is 14. The van der Waals surface area contributed by atoms with Crippen LogP contribution < -0.4 is 18.9 Å². The van der Waals surface area contributed by atoms with Crippen LogP contribution in [0.3, 0.4) is 0 Å². The van der Waals surface area contributed by atoms with Crippen molar-refractivity contribution in [2.24, 2.45) is 0 Å².